The maximum Gasteiger partial charge on any atom is 0.248 e. The van der Waals surface area contributed by atoms with Crippen molar-refractivity contribution in [2.75, 3.05) is 26.2 Å². The third kappa shape index (κ3) is 3.83. The SMILES string of the molecule is Cc1noc(C)c1S(=O)(=O)N1CCN(C(=O)/C=C/c2nc3ccccc3s2)CC1. The van der Waals surface area contributed by atoms with Crippen LogP contribution in [0.5, 0.6) is 0 Å². The van der Waals surface area contributed by atoms with Crippen LogP contribution in [0.15, 0.2) is 39.8 Å². The van der Waals surface area contributed by atoms with E-state index >= 15 is 0 Å². The van der Waals surface area contributed by atoms with E-state index in [-0.39, 0.29) is 29.7 Å². The van der Waals surface area contributed by atoms with Crippen molar-refractivity contribution in [2.24, 2.45) is 0 Å². The van der Waals surface area contributed by atoms with Gasteiger partial charge >= 0.3 is 0 Å². The van der Waals surface area contributed by atoms with Crippen LogP contribution < -0.4 is 0 Å². The Balaban J connectivity index is 1.40. The topological polar surface area (TPSA) is 96.6 Å². The Morgan fingerprint density at radius 1 is 1.17 bits per heavy atom. The first kappa shape index (κ1) is 19.7. The number of benzene rings is 1. The van der Waals surface area contributed by atoms with Crippen molar-refractivity contribution in [3.63, 3.8) is 0 Å². The minimum absolute atomic E-state index is 0.119. The number of hydrogen-bond acceptors (Lipinski definition) is 7. The van der Waals surface area contributed by atoms with Crippen LogP contribution >= 0.6 is 11.3 Å². The number of carbonyl (C=O) groups is 1. The maximum absolute atomic E-state index is 12.9. The van der Waals surface area contributed by atoms with Crippen molar-refractivity contribution >= 4 is 43.6 Å². The molecule has 4 rings (SSSR count). The zero-order chi connectivity index (χ0) is 20.6. The lowest BCUT2D eigenvalue weighted by molar-refractivity contribution is -0.127. The highest BCUT2D eigenvalue weighted by Gasteiger charge is 2.33. The normalized spacial score (nSPS) is 16.1. The third-order valence-corrected chi connectivity index (χ3v) is 7.94. The van der Waals surface area contributed by atoms with Crippen LogP contribution in [0.3, 0.4) is 0 Å². The van der Waals surface area contributed by atoms with E-state index in [0.29, 0.717) is 18.8 Å². The molecule has 0 unspecified atom stereocenters. The van der Waals surface area contributed by atoms with Gasteiger partial charge in [-0.25, -0.2) is 13.4 Å². The van der Waals surface area contributed by atoms with Gasteiger partial charge in [-0.1, -0.05) is 17.3 Å². The molecule has 3 aromatic rings. The fourth-order valence-electron chi connectivity index (χ4n) is 3.33. The standard InChI is InChI=1S/C19H20N4O4S2/c1-13-19(14(2)27-21-13)29(25,26)23-11-9-22(10-12-23)18(24)8-7-17-20-15-5-3-4-6-16(15)28-17/h3-8H,9-12H2,1-2H3/b8-7+. The highest BCUT2D eigenvalue weighted by atomic mass is 32.2. The van der Waals surface area contributed by atoms with E-state index in [2.05, 4.69) is 10.1 Å². The molecule has 1 aliphatic rings. The predicted molar refractivity (Wildman–Crippen MR) is 110 cm³/mol. The Hall–Kier alpha value is -2.56. The van der Waals surface area contributed by atoms with Crippen molar-refractivity contribution in [1.29, 1.82) is 0 Å². The first-order valence-electron chi connectivity index (χ1n) is 9.12. The average molecular weight is 433 g/mol. The molecule has 2 aromatic heterocycles. The predicted octanol–water partition coefficient (Wildman–Crippen LogP) is 2.45. The van der Waals surface area contributed by atoms with Crippen molar-refractivity contribution in [3.8, 4) is 0 Å². The Bertz CT molecular complexity index is 1140. The maximum atomic E-state index is 12.9. The zero-order valence-electron chi connectivity index (χ0n) is 16.0. The molecule has 8 nitrogen and oxygen atoms in total. The summed E-state index contributed by atoms with van der Waals surface area (Å²) in [5.74, 6) is 0.124. The molecular weight excluding hydrogens is 412 g/mol. The summed E-state index contributed by atoms with van der Waals surface area (Å²) in [6.45, 7) is 4.30. The molecule has 1 aliphatic heterocycles. The number of sulfonamides is 1. The van der Waals surface area contributed by atoms with Gasteiger partial charge in [-0.2, -0.15) is 4.31 Å². The van der Waals surface area contributed by atoms with Crippen molar-refractivity contribution in [3.05, 3.63) is 46.8 Å². The van der Waals surface area contributed by atoms with Crippen LogP contribution in [0.1, 0.15) is 16.5 Å². The molecule has 0 spiro atoms. The number of aryl methyl sites for hydroxylation is 2. The molecule has 1 saturated heterocycles. The number of rotatable bonds is 4. The molecule has 0 aliphatic carbocycles. The van der Waals surface area contributed by atoms with Gasteiger partial charge in [0.2, 0.25) is 15.9 Å². The van der Waals surface area contributed by atoms with Gasteiger partial charge in [-0.3, -0.25) is 4.79 Å². The molecule has 1 amide bonds. The molecule has 0 bridgehead atoms. The highest BCUT2D eigenvalue weighted by molar-refractivity contribution is 7.89. The van der Waals surface area contributed by atoms with Crippen LogP contribution in [0.2, 0.25) is 0 Å². The molecular formula is C19H20N4O4S2. The fourth-order valence-corrected chi connectivity index (χ4v) is 5.91. The van der Waals surface area contributed by atoms with Crippen LogP contribution in [0.4, 0.5) is 0 Å². The summed E-state index contributed by atoms with van der Waals surface area (Å²) in [5.41, 5.74) is 1.25. The Morgan fingerprint density at radius 3 is 2.55 bits per heavy atom. The summed E-state index contributed by atoms with van der Waals surface area (Å²) in [6, 6.07) is 7.81. The van der Waals surface area contributed by atoms with E-state index in [1.54, 1.807) is 24.8 Å². The van der Waals surface area contributed by atoms with Crippen molar-refractivity contribution in [1.82, 2.24) is 19.3 Å². The molecule has 152 valence electrons. The van der Waals surface area contributed by atoms with Crippen LogP contribution in [0.25, 0.3) is 16.3 Å². The summed E-state index contributed by atoms with van der Waals surface area (Å²) in [6.07, 6.45) is 3.20. The zero-order valence-corrected chi connectivity index (χ0v) is 17.7. The van der Waals surface area contributed by atoms with Gasteiger partial charge in [0.15, 0.2) is 5.76 Å². The lowest BCUT2D eigenvalue weighted by atomic mass is 10.3. The number of thiazole rings is 1. The van der Waals surface area contributed by atoms with Crippen LogP contribution in [0, 0.1) is 13.8 Å². The lowest BCUT2D eigenvalue weighted by Gasteiger charge is -2.33. The number of nitrogens with zero attached hydrogens (tertiary/aromatic N) is 4. The molecule has 1 aromatic carbocycles. The second-order valence-electron chi connectivity index (χ2n) is 6.74. The number of amides is 1. The Labute approximate surface area is 172 Å². The Kier molecular flexibility index (Phi) is 5.24. The van der Waals surface area contributed by atoms with E-state index in [0.717, 1.165) is 15.2 Å². The summed E-state index contributed by atoms with van der Waals surface area (Å²) in [7, 11) is -3.69. The molecule has 10 heteroatoms. The molecule has 0 atom stereocenters. The smallest absolute Gasteiger partial charge is 0.248 e. The molecule has 0 radical (unpaired) electrons. The van der Waals surface area contributed by atoms with E-state index in [9.17, 15) is 13.2 Å². The van der Waals surface area contributed by atoms with E-state index in [4.69, 9.17) is 4.52 Å². The van der Waals surface area contributed by atoms with Gasteiger partial charge in [0.05, 0.1) is 10.2 Å². The minimum atomic E-state index is -3.69. The lowest BCUT2D eigenvalue weighted by Crippen LogP contribution is -2.50. The number of carbonyl (C=O) groups excluding carboxylic acids is 1. The van der Waals surface area contributed by atoms with E-state index in [1.165, 1.54) is 21.7 Å². The summed E-state index contributed by atoms with van der Waals surface area (Å²) >= 11 is 1.52. The number of fused-ring (bicyclic) bond motifs is 1. The van der Waals surface area contributed by atoms with Gasteiger partial charge in [0, 0.05) is 32.3 Å². The second kappa shape index (κ2) is 7.69. The number of aromatic nitrogens is 2. The first-order valence-corrected chi connectivity index (χ1v) is 11.4. The van der Waals surface area contributed by atoms with Gasteiger partial charge < -0.3 is 9.42 Å². The fraction of sp³-hybridized carbons (Fsp3) is 0.316. The quantitative estimate of drug-likeness (QED) is 0.588. The number of hydrogen-bond donors (Lipinski definition) is 0. The molecule has 0 saturated carbocycles. The number of para-hydroxylation sites is 1. The second-order valence-corrected chi connectivity index (χ2v) is 9.67. The van der Waals surface area contributed by atoms with E-state index in [1.807, 2.05) is 24.3 Å². The summed E-state index contributed by atoms with van der Waals surface area (Å²) in [4.78, 5) is 18.7. The molecule has 3 heterocycles. The summed E-state index contributed by atoms with van der Waals surface area (Å²) < 4.78 is 33.2. The summed E-state index contributed by atoms with van der Waals surface area (Å²) in [5, 5.41) is 4.49. The van der Waals surface area contributed by atoms with Gasteiger partial charge in [0.1, 0.15) is 15.6 Å². The third-order valence-electron chi connectivity index (χ3n) is 4.79. The molecule has 29 heavy (non-hydrogen) atoms. The Morgan fingerprint density at radius 2 is 1.90 bits per heavy atom. The van der Waals surface area contributed by atoms with Crippen LogP contribution in [-0.2, 0) is 14.8 Å². The first-order chi connectivity index (χ1) is 13.9. The molecule has 0 N–H and O–H groups in total. The van der Waals surface area contributed by atoms with Gasteiger partial charge in [0.25, 0.3) is 0 Å². The minimum Gasteiger partial charge on any atom is -0.360 e. The number of piperazine rings is 1. The van der Waals surface area contributed by atoms with Crippen molar-refractivity contribution < 1.29 is 17.7 Å². The van der Waals surface area contributed by atoms with Crippen molar-refractivity contribution in [2.45, 2.75) is 18.7 Å². The average Bonchev–Trinajstić information content (AvgIpc) is 3.28. The molecule has 1 fully saturated rings. The monoisotopic (exact) mass is 432 g/mol. The van der Waals surface area contributed by atoms with Crippen LogP contribution in [-0.4, -0.2) is 59.8 Å². The van der Waals surface area contributed by atoms with Gasteiger partial charge in [-0.05, 0) is 32.1 Å². The van der Waals surface area contributed by atoms with Gasteiger partial charge in [-0.15, -0.1) is 11.3 Å². The largest absolute Gasteiger partial charge is 0.360 e. The van der Waals surface area contributed by atoms with E-state index < -0.39 is 10.0 Å². The highest BCUT2D eigenvalue weighted by Crippen LogP contribution is 2.25.